The van der Waals surface area contributed by atoms with Crippen LogP contribution in [-0.2, 0) is 0 Å². The van der Waals surface area contributed by atoms with E-state index in [1.165, 1.54) is 9.40 Å². The number of para-hydroxylation sites is 1. The van der Waals surface area contributed by atoms with Crippen molar-refractivity contribution in [1.82, 2.24) is 19.9 Å². The summed E-state index contributed by atoms with van der Waals surface area (Å²) in [6, 6.07) is 49.2. The first-order valence-electron chi connectivity index (χ1n) is 15.1. The van der Waals surface area contributed by atoms with Gasteiger partial charge in [-0.1, -0.05) is 115 Å². The quantitative estimate of drug-likeness (QED) is 0.194. The molecule has 0 radical (unpaired) electrons. The van der Waals surface area contributed by atoms with E-state index in [1.807, 2.05) is 103 Å². The van der Waals surface area contributed by atoms with E-state index in [1.54, 1.807) is 11.3 Å². The smallest absolute Gasteiger partial charge is 0.227 e. The molecular formula is C40H24N4OS. The second-order valence-electron chi connectivity index (χ2n) is 11.0. The Bertz CT molecular complexity index is 2470. The van der Waals surface area contributed by atoms with Crippen LogP contribution in [0.1, 0.15) is 0 Å². The molecule has 5 nitrogen and oxygen atoms in total. The molecule has 0 aliphatic carbocycles. The molecule has 0 saturated carbocycles. The number of oxazole rings is 1. The van der Waals surface area contributed by atoms with Gasteiger partial charge in [0.2, 0.25) is 5.89 Å². The van der Waals surface area contributed by atoms with Crippen LogP contribution in [0.25, 0.3) is 88.0 Å². The maximum Gasteiger partial charge on any atom is 0.227 e. The largest absolute Gasteiger partial charge is 0.436 e. The lowest BCUT2D eigenvalue weighted by Gasteiger charge is -2.11. The summed E-state index contributed by atoms with van der Waals surface area (Å²) in [6.07, 6.45) is 0. The van der Waals surface area contributed by atoms with Gasteiger partial charge >= 0.3 is 0 Å². The Morgan fingerprint density at radius 3 is 1.52 bits per heavy atom. The van der Waals surface area contributed by atoms with Crippen molar-refractivity contribution in [2.45, 2.75) is 0 Å². The monoisotopic (exact) mass is 608 g/mol. The van der Waals surface area contributed by atoms with Gasteiger partial charge in [-0.3, -0.25) is 0 Å². The maximum absolute atomic E-state index is 6.27. The van der Waals surface area contributed by atoms with Crippen molar-refractivity contribution in [3.05, 3.63) is 146 Å². The molecule has 0 amide bonds. The minimum Gasteiger partial charge on any atom is -0.436 e. The second kappa shape index (κ2) is 10.9. The Kier molecular flexibility index (Phi) is 6.25. The van der Waals surface area contributed by atoms with Gasteiger partial charge in [0.25, 0.3) is 0 Å². The number of hydrogen-bond acceptors (Lipinski definition) is 6. The SMILES string of the molecule is c1ccc(-c2nc(-c3ccccc3)nc(-c3cccc4sc5cccc(-c6cccc7oc(-c8ccccc8)nc67)c5c34)n2)cc1. The Hall–Kier alpha value is -5.98. The molecular weight excluding hydrogens is 585 g/mol. The van der Waals surface area contributed by atoms with E-state index in [2.05, 4.69) is 42.5 Å². The molecule has 0 aliphatic rings. The number of hydrogen-bond donors (Lipinski definition) is 0. The van der Waals surface area contributed by atoms with Crippen molar-refractivity contribution < 1.29 is 4.42 Å². The fourth-order valence-electron chi connectivity index (χ4n) is 6.08. The van der Waals surface area contributed by atoms with Gasteiger partial charge in [0.05, 0.1) is 0 Å². The molecule has 0 saturated heterocycles. The van der Waals surface area contributed by atoms with Crippen LogP contribution in [0.3, 0.4) is 0 Å². The predicted molar refractivity (Wildman–Crippen MR) is 187 cm³/mol. The Balaban J connectivity index is 1.30. The van der Waals surface area contributed by atoms with Gasteiger partial charge in [0, 0.05) is 48.0 Å². The van der Waals surface area contributed by atoms with Crippen molar-refractivity contribution in [3.8, 4) is 56.7 Å². The summed E-state index contributed by atoms with van der Waals surface area (Å²) in [4.78, 5) is 20.1. The van der Waals surface area contributed by atoms with E-state index in [0.29, 0.717) is 23.4 Å². The molecule has 0 N–H and O–H groups in total. The number of thiophene rings is 1. The zero-order valence-electron chi connectivity index (χ0n) is 24.5. The third-order valence-electron chi connectivity index (χ3n) is 8.19. The van der Waals surface area contributed by atoms with Crippen molar-refractivity contribution in [3.63, 3.8) is 0 Å². The third kappa shape index (κ3) is 4.47. The minimum atomic E-state index is 0.609. The highest BCUT2D eigenvalue weighted by atomic mass is 32.1. The molecule has 9 aromatic rings. The van der Waals surface area contributed by atoms with E-state index in [0.717, 1.165) is 55.3 Å². The maximum atomic E-state index is 6.27. The number of rotatable bonds is 5. The number of nitrogens with zero attached hydrogens (tertiary/aromatic N) is 4. The summed E-state index contributed by atoms with van der Waals surface area (Å²) in [5.74, 6) is 2.53. The zero-order chi connectivity index (χ0) is 30.5. The molecule has 0 atom stereocenters. The highest BCUT2D eigenvalue weighted by Crippen LogP contribution is 2.45. The lowest BCUT2D eigenvalue weighted by Crippen LogP contribution is -2.00. The fraction of sp³-hybridized carbons (Fsp3) is 0. The van der Waals surface area contributed by atoms with Crippen LogP contribution in [0.2, 0.25) is 0 Å². The van der Waals surface area contributed by atoms with E-state index in [4.69, 9.17) is 24.4 Å². The molecule has 3 aromatic heterocycles. The van der Waals surface area contributed by atoms with Gasteiger partial charge in [-0.25, -0.2) is 19.9 Å². The van der Waals surface area contributed by atoms with Crippen LogP contribution in [-0.4, -0.2) is 19.9 Å². The van der Waals surface area contributed by atoms with Crippen LogP contribution in [0, 0.1) is 0 Å². The van der Waals surface area contributed by atoms with Crippen LogP contribution < -0.4 is 0 Å². The molecule has 0 spiro atoms. The number of fused-ring (bicyclic) bond motifs is 4. The second-order valence-corrected chi connectivity index (χ2v) is 12.1. The zero-order valence-corrected chi connectivity index (χ0v) is 25.3. The molecule has 9 rings (SSSR count). The number of aromatic nitrogens is 4. The summed E-state index contributed by atoms with van der Waals surface area (Å²) in [6.45, 7) is 0. The summed E-state index contributed by atoms with van der Waals surface area (Å²) in [7, 11) is 0. The van der Waals surface area contributed by atoms with Crippen LogP contribution in [0.15, 0.2) is 150 Å². The van der Waals surface area contributed by atoms with Crippen LogP contribution >= 0.6 is 11.3 Å². The van der Waals surface area contributed by atoms with Crippen molar-refractivity contribution in [2.24, 2.45) is 0 Å². The Labute approximate surface area is 268 Å². The van der Waals surface area contributed by atoms with Gasteiger partial charge in [-0.05, 0) is 35.9 Å². The van der Waals surface area contributed by atoms with E-state index in [9.17, 15) is 0 Å². The summed E-state index contributed by atoms with van der Waals surface area (Å²) in [5.41, 5.74) is 7.50. The molecule has 0 bridgehead atoms. The van der Waals surface area contributed by atoms with Crippen LogP contribution in [0.5, 0.6) is 0 Å². The average Bonchev–Trinajstić information content (AvgIpc) is 3.75. The Morgan fingerprint density at radius 2 is 0.891 bits per heavy atom. The molecule has 3 heterocycles. The lowest BCUT2D eigenvalue weighted by molar-refractivity contribution is 0.620. The fourth-order valence-corrected chi connectivity index (χ4v) is 7.23. The standard InChI is InChI=1S/C40H24N4OS/c1-4-13-25(14-5-1)37-42-38(26-15-6-2-7-16-26)44-39(43-37)30-21-12-24-33-35(30)34-28(19-11-23-32(34)46-33)29-20-10-22-31-36(29)41-40(45-31)27-17-8-3-9-18-27/h1-24H. The Morgan fingerprint density at radius 1 is 0.391 bits per heavy atom. The topological polar surface area (TPSA) is 64.7 Å². The lowest BCUT2D eigenvalue weighted by atomic mass is 9.96. The van der Waals surface area contributed by atoms with E-state index >= 15 is 0 Å². The van der Waals surface area contributed by atoms with E-state index < -0.39 is 0 Å². The van der Waals surface area contributed by atoms with Gasteiger partial charge in [-0.2, -0.15) is 0 Å². The first-order chi connectivity index (χ1) is 22.8. The average molecular weight is 609 g/mol. The molecule has 0 aliphatic heterocycles. The first kappa shape index (κ1) is 26.4. The van der Waals surface area contributed by atoms with Gasteiger partial charge in [0.15, 0.2) is 23.1 Å². The molecule has 0 unspecified atom stereocenters. The summed E-state index contributed by atoms with van der Waals surface area (Å²) in [5, 5.41) is 2.27. The predicted octanol–water partition coefficient (Wildman–Crippen LogP) is 10.7. The minimum absolute atomic E-state index is 0.609. The van der Waals surface area contributed by atoms with Crippen LogP contribution in [0.4, 0.5) is 0 Å². The van der Waals surface area contributed by atoms with Crippen molar-refractivity contribution >= 4 is 42.6 Å². The molecule has 216 valence electrons. The van der Waals surface area contributed by atoms with Crippen molar-refractivity contribution in [2.75, 3.05) is 0 Å². The third-order valence-corrected chi connectivity index (χ3v) is 9.31. The first-order valence-corrected chi connectivity index (χ1v) is 15.9. The van der Waals surface area contributed by atoms with Gasteiger partial charge in [0.1, 0.15) is 5.52 Å². The molecule has 6 heteroatoms. The number of benzene rings is 6. The van der Waals surface area contributed by atoms with Gasteiger partial charge < -0.3 is 4.42 Å². The van der Waals surface area contributed by atoms with Crippen molar-refractivity contribution in [1.29, 1.82) is 0 Å². The van der Waals surface area contributed by atoms with E-state index in [-0.39, 0.29) is 0 Å². The van der Waals surface area contributed by atoms with Gasteiger partial charge in [-0.15, -0.1) is 11.3 Å². The highest BCUT2D eigenvalue weighted by Gasteiger charge is 2.21. The molecule has 46 heavy (non-hydrogen) atoms. The summed E-state index contributed by atoms with van der Waals surface area (Å²) >= 11 is 1.77. The summed E-state index contributed by atoms with van der Waals surface area (Å²) < 4.78 is 8.62. The highest BCUT2D eigenvalue weighted by molar-refractivity contribution is 7.26. The normalized spacial score (nSPS) is 11.5. The molecule has 6 aromatic carbocycles. The molecule has 0 fully saturated rings.